The van der Waals surface area contributed by atoms with Crippen molar-refractivity contribution in [2.45, 2.75) is 44.7 Å². The summed E-state index contributed by atoms with van der Waals surface area (Å²) >= 11 is 0. The number of aryl methyl sites for hydroxylation is 1. The molecule has 2 saturated heterocycles. The topological polar surface area (TPSA) is 45.1 Å². The number of methoxy groups -OCH3 is 1. The summed E-state index contributed by atoms with van der Waals surface area (Å²) in [4.78, 5) is 2.52. The Hall–Kier alpha value is -2.38. The van der Waals surface area contributed by atoms with Gasteiger partial charge >= 0.3 is 0 Å². The van der Waals surface area contributed by atoms with E-state index in [4.69, 9.17) is 18.9 Å². The van der Waals surface area contributed by atoms with Crippen molar-refractivity contribution in [3.63, 3.8) is 0 Å². The van der Waals surface area contributed by atoms with Gasteiger partial charge in [-0.3, -0.25) is 4.90 Å². The van der Waals surface area contributed by atoms with Crippen LogP contribution in [0.4, 0.5) is 0 Å². The zero-order valence-electron chi connectivity index (χ0n) is 19.5. The lowest BCUT2D eigenvalue weighted by Gasteiger charge is -2.37. The summed E-state index contributed by atoms with van der Waals surface area (Å²) in [5.41, 5.74) is 3.80. The molecular formula is C27H34N2O4. The first-order valence-corrected chi connectivity index (χ1v) is 12.0. The molecule has 0 bridgehead atoms. The Balaban J connectivity index is 1.22. The Labute approximate surface area is 196 Å². The molecule has 5 rings (SSSR count). The Morgan fingerprint density at radius 3 is 2.55 bits per heavy atom. The van der Waals surface area contributed by atoms with Gasteiger partial charge in [-0.25, -0.2) is 0 Å². The molecule has 33 heavy (non-hydrogen) atoms. The van der Waals surface area contributed by atoms with Crippen molar-refractivity contribution in [3.05, 3.63) is 65.9 Å². The van der Waals surface area contributed by atoms with Crippen molar-refractivity contribution in [1.29, 1.82) is 0 Å². The highest BCUT2D eigenvalue weighted by Crippen LogP contribution is 2.33. The van der Waals surface area contributed by atoms with E-state index < -0.39 is 0 Å². The fraction of sp³-hybridized carbons (Fsp3) is 0.481. The molecule has 1 spiro atoms. The first-order chi connectivity index (χ1) is 16.2. The van der Waals surface area contributed by atoms with Crippen molar-refractivity contribution in [2.24, 2.45) is 0 Å². The van der Waals surface area contributed by atoms with E-state index in [1.54, 1.807) is 7.11 Å². The van der Waals surface area contributed by atoms with E-state index >= 15 is 0 Å². The lowest BCUT2D eigenvalue weighted by Crippen LogP contribution is -2.44. The van der Waals surface area contributed by atoms with Crippen LogP contribution in [0.2, 0.25) is 0 Å². The maximum Gasteiger partial charge on any atom is 0.170 e. The Bertz CT molecular complexity index is 1030. The second-order valence-electron chi connectivity index (χ2n) is 9.01. The molecule has 2 aromatic carbocycles. The van der Waals surface area contributed by atoms with Crippen molar-refractivity contribution >= 4 is 10.9 Å². The number of fused-ring (bicyclic) bond motifs is 1. The van der Waals surface area contributed by atoms with Gasteiger partial charge in [0.05, 0.1) is 32.4 Å². The average molecular weight is 451 g/mol. The number of likely N-dealkylation sites (tertiary alicyclic amines) is 1. The normalized spacial score (nSPS) is 18.3. The van der Waals surface area contributed by atoms with Gasteiger partial charge in [-0.2, -0.15) is 0 Å². The molecule has 6 nitrogen and oxygen atoms in total. The number of benzene rings is 2. The van der Waals surface area contributed by atoms with Crippen LogP contribution < -0.4 is 4.74 Å². The monoisotopic (exact) mass is 450 g/mol. The molecule has 0 saturated carbocycles. The molecule has 0 unspecified atom stereocenters. The minimum atomic E-state index is -0.322. The van der Waals surface area contributed by atoms with Crippen LogP contribution >= 0.6 is 0 Å². The molecule has 0 aliphatic carbocycles. The largest absolute Gasteiger partial charge is 0.497 e. The Morgan fingerprint density at radius 1 is 1.00 bits per heavy atom. The first-order valence-electron chi connectivity index (χ1n) is 12.0. The molecule has 0 amide bonds. The van der Waals surface area contributed by atoms with Crippen LogP contribution in [0.1, 0.15) is 30.4 Å². The predicted molar refractivity (Wildman–Crippen MR) is 128 cm³/mol. The van der Waals surface area contributed by atoms with E-state index in [0.717, 1.165) is 71.0 Å². The maximum absolute atomic E-state index is 5.90. The number of hydrogen-bond donors (Lipinski definition) is 0. The molecular weight excluding hydrogens is 416 g/mol. The number of rotatable bonds is 9. The van der Waals surface area contributed by atoms with Gasteiger partial charge < -0.3 is 23.5 Å². The first kappa shape index (κ1) is 22.4. The molecule has 2 aliphatic rings. The van der Waals surface area contributed by atoms with Gasteiger partial charge in [0.1, 0.15) is 5.75 Å². The molecule has 2 aliphatic heterocycles. The van der Waals surface area contributed by atoms with Gasteiger partial charge in [0, 0.05) is 63.3 Å². The van der Waals surface area contributed by atoms with E-state index in [-0.39, 0.29) is 5.79 Å². The highest BCUT2D eigenvalue weighted by Gasteiger charge is 2.39. The van der Waals surface area contributed by atoms with Gasteiger partial charge in [-0.1, -0.05) is 30.3 Å². The smallest absolute Gasteiger partial charge is 0.170 e. The molecule has 6 heteroatoms. The van der Waals surface area contributed by atoms with Crippen LogP contribution in [0.5, 0.6) is 5.75 Å². The number of aromatic nitrogens is 1. The van der Waals surface area contributed by atoms with Gasteiger partial charge in [-0.15, -0.1) is 0 Å². The van der Waals surface area contributed by atoms with Crippen LogP contribution in [0, 0.1) is 0 Å². The van der Waals surface area contributed by atoms with Gasteiger partial charge in [-0.05, 0) is 29.7 Å². The molecule has 0 radical (unpaired) electrons. The average Bonchev–Trinajstić information content (AvgIpc) is 3.45. The standard InChI is InChI=1S/C27H34N2O4/c1-30-24-8-9-25-23(19-28-13-10-27(11-14-28)32-16-17-33-27)20-29(26(25)18-24)12-5-15-31-21-22-6-3-2-4-7-22/h2-4,6-9,18,20H,5,10-17,19,21H2,1H3. The summed E-state index contributed by atoms with van der Waals surface area (Å²) in [6.45, 7) is 6.71. The summed E-state index contributed by atoms with van der Waals surface area (Å²) in [7, 11) is 1.73. The molecule has 0 atom stereocenters. The molecule has 3 aromatic rings. The number of nitrogens with zero attached hydrogens (tertiary/aromatic N) is 2. The quantitative estimate of drug-likeness (QED) is 0.446. The van der Waals surface area contributed by atoms with Crippen LogP contribution in [0.15, 0.2) is 54.7 Å². The van der Waals surface area contributed by atoms with E-state index in [2.05, 4.69) is 58.1 Å². The second kappa shape index (κ2) is 10.3. The Morgan fingerprint density at radius 2 is 1.79 bits per heavy atom. The van der Waals surface area contributed by atoms with E-state index in [1.165, 1.54) is 22.0 Å². The maximum atomic E-state index is 5.90. The predicted octanol–water partition coefficient (Wildman–Crippen LogP) is 4.60. The summed E-state index contributed by atoms with van der Waals surface area (Å²) in [6, 6.07) is 16.7. The van der Waals surface area contributed by atoms with Crippen LogP contribution in [-0.2, 0) is 33.9 Å². The third kappa shape index (κ3) is 5.25. The minimum absolute atomic E-state index is 0.322. The van der Waals surface area contributed by atoms with E-state index in [0.29, 0.717) is 6.61 Å². The van der Waals surface area contributed by atoms with Crippen molar-refractivity contribution < 1.29 is 18.9 Å². The zero-order valence-corrected chi connectivity index (χ0v) is 19.5. The number of piperidine rings is 1. The minimum Gasteiger partial charge on any atom is -0.497 e. The second-order valence-corrected chi connectivity index (χ2v) is 9.01. The van der Waals surface area contributed by atoms with Crippen molar-refractivity contribution in [3.8, 4) is 5.75 Å². The van der Waals surface area contributed by atoms with Crippen molar-refractivity contribution in [2.75, 3.05) is 40.0 Å². The highest BCUT2D eigenvalue weighted by atomic mass is 16.7. The van der Waals surface area contributed by atoms with Gasteiger partial charge in [0.15, 0.2) is 5.79 Å². The number of ether oxygens (including phenoxy) is 4. The molecule has 1 aromatic heterocycles. The summed E-state index contributed by atoms with van der Waals surface area (Å²) in [5, 5.41) is 1.30. The van der Waals surface area contributed by atoms with Crippen molar-refractivity contribution in [1.82, 2.24) is 9.47 Å². The van der Waals surface area contributed by atoms with Crippen LogP contribution in [0.3, 0.4) is 0 Å². The molecule has 2 fully saturated rings. The fourth-order valence-electron chi connectivity index (χ4n) is 4.97. The van der Waals surface area contributed by atoms with Crippen LogP contribution in [-0.4, -0.2) is 55.3 Å². The third-order valence-electron chi connectivity index (χ3n) is 6.80. The van der Waals surface area contributed by atoms with Gasteiger partial charge in [0.25, 0.3) is 0 Å². The molecule has 176 valence electrons. The molecule has 3 heterocycles. The highest BCUT2D eigenvalue weighted by molar-refractivity contribution is 5.85. The summed E-state index contributed by atoms with van der Waals surface area (Å²) < 4.78 is 25.6. The lowest BCUT2D eigenvalue weighted by molar-refractivity contribution is -0.185. The van der Waals surface area contributed by atoms with Gasteiger partial charge in [0.2, 0.25) is 0 Å². The van der Waals surface area contributed by atoms with E-state index in [9.17, 15) is 0 Å². The summed E-state index contributed by atoms with van der Waals surface area (Å²) in [5.74, 6) is 0.571. The summed E-state index contributed by atoms with van der Waals surface area (Å²) in [6.07, 6.45) is 5.17. The van der Waals surface area contributed by atoms with E-state index in [1.807, 2.05) is 6.07 Å². The third-order valence-corrected chi connectivity index (χ3v) is 6.80. The molecule has 0 N–H and O–H groups in total. The fourth-order valence-corrected chi connectivity index (χ4v) is 4.97. The zero-order chi connectivity index (χ0) is 22.5. The lowest BCUT2D eigenvalue weighted by atomic mass is 10.0. The van der Waals surface area contributed by atoms with Crippen LogP contribution in [0.25, 0.3) is 10.9 Å². The Kier molecular flexibility index (Phi) is 6.97. The number of hydrogen-bond acceptors (Lipinski definition) is 5. The SMILES string of the molecule is COc1ccc2c(CN3CCC4(CC3)OCCO4)cn(CCCOCc3ccccc3)c2c1.